The van der Waals surface area contributed by atoms with Crippen LogP contribution >= 0.6 is 0 Å². The minimum atomic E-state index is -2.11. The highest BCUT2D eigenvalue weighted by molar-refractivity contribution is 7.80. The van der Waals surface area contributed by atoms with E-state index in [9.17, 15) is 8.76 Å². The van der Waals surface area contributed by atoms with E-state index < -0.39 is 11.3 Å². The Balaban J connectivity index is 2.30. The van der Waals surface area contributed by atoms with E-state index in [2.05, 4.69) is 0 Å². The van der Waals surface area contributed by atoms with Crippen molar-refractivity contribution in [2.45, 2.75) is 6.54 Å². The van der Waals surface area contributed by atoms with E-state index >= 15 is 0 Å². The van der Waals surface area contributed by atoms with Gasteiger partial charge >= 0.3 is 0 Å². The van der Waals surface area contributed by atoms with Crippen LogP contribution in [0.15, 0.2) is 54.6 Å². The molecule has 94 valence electrons. The molecule has 0 aliphatic carbocycles. The molecule has 0 saturated heterocycles. The maximum absolute atomic E-state index is 11.4. The first kappa shape index (κ1) is 12.6. The molecule has 0 spiro atoms. The maximum atomic E-state index is 11.4. The number of benzene rings is 2. The quantitative estimate of drug-likeness (QED) is 0.657. The predicted octanol–water partition coefficient (Wildman–Crippen LogP) is 2.41. The smallest absolute Gasteiger partial charge is 0.262 e. The lowest BCUT2D eigenvalue weighted by Gasteiger charge is -2.21. The van der Waals surface area contributed by atoms with Crippen molar-refractivity contribution in [3.63, 3.8) is 0 Å². The maximum Gasteiger partial charge on any atom is 0.262 e. The molecule has 0 heterocycles. The van der Waals surface area contributed by atoms with Crippen LogP contribution < -0.4 is 10.0 Å². The number of nitrogens with zero attached hydrogens (tertiary/aromatic N) is 1. The highest BCUT2D eigenvalue weighted by Crippen LogP contribution is 2.25. The molecule has 0 fully saturated rings. The molecule has 0 radical (unpaired) electrons. The van der Waals surface area contributed by atoms with Crippen molar-refractivity contribution >= 4 is 22.6 Å². The van der Waals surface area contributed by atoms with Gasteiger partial charge in [0.1, 0.15) is 0 Å². The second kappa shape index (κ2) is 5.66. The van der Waals surface area contributed by atoms with E-state index in [1.165, 1.54) is 4.31 Å². The lowest BCUT2D eigenvalue weighted by Crippen LogP contribution is -2.25. The molecule has 2 aromatic rings. The first-order valence-corrected chi connectivity index (χ1v) is 6.52. The van der Waals surface area contributed by atoms with Gasteiger partial charge in [-0.15, -0.1) is 0 Å². The fraction of sp³-hybridized carbons (Fsp3) is 0.0769. The fourth-order valence-electron chi connectivity index (χ4n) is 1.69. The molecule has 3 N–H and O–H groups in total. The molecule has 0 amide bonds. The molecule has 0 saturated carbocycles. The highest BCUT2D eigenvalue weighted by atomic mass is 32.2. The number of hydrogen-bond donors (Lipinski definition) is 2. The standard InChI is InChI=1S/C13H14N2O2S/c14-12-8-4-5-9-13(12)15(18(16)17)10-11-6-2-1-3-7-11/h1-9H,10,14H2,(H,16,17). The molecule has 0 aromatic heterocycles. The summed E-state index contributed by atoms with van der Waals surface area (Å²) in [7, 11) is 0. The first-order valence-electron chi connectivity index (χ1n) is 5.45. The van der Waals surface area contributed by atoms with E-state index in [0.29, 0.717) is 17.9 Å². The summed E-state index contributed by atoms with van der Waals surface area (Å²) in [6.45, 7) is 0.332. The molecule has 0 bridgehead atoms. The molecule has 0 aliphatic heterocycles. The van der Waals surface area contributed by atoms with Crippen molar-refractivity contribution in [1.82, 2.24) is 0 Å². The van der Waals surface area contributed by atoms with Gasteiger partial charge in [0.2, 0.25) is 0 Å². The van der Waals surface area contributed by atoms with Gasteiger partial charge in [0.25, 0.3) is 11.3 Å². The normalized spacial score (nSPS) is 12.1. The zero-order valence-electron chi connectivity index (χ0n) is 9.69. The minimum absolute atomic E-state index is 0.332. The van der Waals surface area contributed by atoms with Crippen molar-refractivity contribution in [1.29, 1.82) is 0 Å². The van der Waals surface area contributed by atoms with Gasteiger partial charge in [0, 0.05) is 0 Å². The van der Waals surface area contributed by atoms with Gasteiger partial charge in [-0.2, -0.15) is 0 Å². The van der Waals surface area contributed by atoms with Crippen LogP contribution in [-0.4, -0.2) is 8.76 Å². The highest BCUT2D eigenvalue weighted by Gasteiger charge is 2.15. The molecular formula is C13H14N2O2S. The van der Waals surface area contributed by atoms with Crippen LogP contribution in [0, 0.1) is 0 Å². The molecule has 2 aromatic carbocycles. The Hall–Kier alpha value is -1.85. The number of anilines is 2. The second-order valence-electron chi connectivity index (χ2n) is 3.81. The minimum Gasteiger partial charge on any atom is -0.397 e. The van der Waals surface area contributed by atoms with Crippen LogP contribution in [0.4, 0.5) is 11.4 Å². The Morgan fingerprint density at radius 3 is 2.28 bits per heavy atom. The first-order chi connectivity index (χ1) is 8.68. The summed E-state index contributed by atoms with van der Waals surface area (Å²) in [6.07, 6.45) is 0. The number of hydrogen-bond acceptors (Lipinski definition) is 2. The van der Waals surface area contributed by atoms with Crippen molar-refractivity contribution in [3.8, 4) is 0 Å². The van der Waals surface area contributed by atoms with E-state index in [1.54, 1.807) is 24.3 Å². The van der Waals surface area contributed by atoms with E-state index in [4.69, 9.17) is 5.73 Å². The van der Waals surface area contributed by atoms with Crippen LogP contribution in [0.3, 0.4) is 0 Å². The van der Waals surface area contributed by atoms with Crippen LogP contribution in [0.1, 0.15) is 5.56 Å². The molecule has 4 nitrogen and oxygen atoms in total. The molecule has 18 heavy (non-hydrogen) atoms. The lowest BCUT2D eigenvalue weighted by molar-refractivity contribution is 0.558. The number of nitrogen functional groups attached to an aromatic ring is 1. The van der Waals surface area contributed by atoms with Crippen LogP contribution in [0.5, 0.6) is 0 Å². The summed E-state index contributed by atoms with van der Waals surface area (Å²) in [5.41, 5.74) is 7.81. The van der Waals surface area contributed by atoms with Gasteiger partial charge in [-0.25, -0.2) is 4.21 Å². The average Bonchev–Trinajstić information content (AvgIpc) is 2.38. The second-order valence-corrected chi connectivity index (χ2v) is 4.71. The number of para-hydroxylation sites is 2. The third-order valence-corrected chi connectivity index (χ3v) is 3.27. The van der Waals surface area contributed by atoms with Crippen molar-refractivity contribution in [3.05, 3.63) is 60.2 Å². The van der Waals surface area contributed by atoms with Crippen molar-refractivity contribution in [2.75, 3.05) is 10.0 Å². The molecule has 0 aliphatic rings. The van der Waals surface area contributed by atoms with E-state index in [-0.39, 0.29) is 0 Å². The molecule has 5 heteroatoms. The van der Waals surface area contributed by atoms with Crippen molar-refractivity contribution < 1.29 is 8.76 Å². The number of rotatable bonds is 4. The SMILES string of the molecule is Nc1ccccc1N(Cc1ccccc1)S(=O)O. The monoisotopic (exact) mass is 262 g/mol. The summed E-state index contributed by atoms with van der Waals surface area (Å²) >= 11 is -2.11. The van der Waals surface area contributed by atoms with Crippen LogP contribution in [0.2, 0.25) is 0 Å². The fourth-order valence-corrected chi connectivity index (χ4v) is 2.28. The lowest BCUT2D eigenvalue weighted by atomic mass is 10.2. The summed E-state index contributed by atoms with van der Waals surface area (Å²) in [6, 6.07) is 16.5. The molecule has 1 atom stereocenters. The molecule has 2 rings (SSSR count). The predicted molar refractivity (Wildman–Crippen MR) is 74.3 cm³/mol. The average molecular weight is 262 g/mol. The Morgan fingerprint density at radius 1 is 1.06 bits per heavy atom. The van der Waals surface area contributed by atoms with Crippen molar-refractivity contribution in [2.24, 2.45) is 0 Å². The van der Waals surface area contributed by atoms with Gasteiger partial charge in [-0.05, 0) is 17.7 Å². The third kappa shape index (κ3) is 2.88. The summed E-state index contributed by atoms with van der Waals surface area (Å²) in [5, 5.41) is 0. The van der Waals surface area contributed by atoms with Gasteiger partial charge < -0.3 is 5.73 Å². The summed E-state index contributed by atoms with van der Waals surface area (Å²) in [4.78, 5) is 0. The zero-order chi connectivity index (χ0) is 13.0. The Labute approximate surface area is 108 Å². The molecular weight excluding hydrogens is 248 g/mol. The summed E-state index contributed by atoms with van der Waals surface area (Å²) in [5.74, 6) is 0. The van der Waals surface area contributed by atoms with E-state index in [1.807, 2.05) is 30.3 Å². The Kier molecular flexibility index (Phi) is 3.96. The Morgan fingerprint density at radius 2 is 1.67 bits per heavy atom. The van der Waals surface area contributed by atoms with Gasteiger partial charge in [-0.3, -0.25) is 8.86 Å². The largest absolute Gasteiger partial charge is 0.397 e. The van der Waals surface area contributed by atoms with Gasteiger partial charge in [-0.1, -0.05) is 42.5 Å². The van der Waals surface area contributed by atoms with E-state index in [0.717, 1.165) is 5.56 Å². The summed E-state index contributed by atoms with van der Waals surface area (Å²) < 4.78 is 22.2. The molecule has 1 unspecified atom stereocenters. The van der Waals surface area contributed by atoms with Gasteiger partial charge in [0.05, 0.1) is 17.9 Å². The van der Waals surface area contributed by atoms with Crippen LogP contribution in [-0.2, 0) is 17.8 Å². The Bertz CT molecular complexity index is 546. The van der Waals surface area contributed by atoms with Crippen LogP contribution in [0.25, 0.3) is 0 Å². The van der Waals surface area contributed by atoms with Gasteiger partial charge in [0.15, 0.2) is 0 Å². The topological polar surface area (TPSA) is 66.6 Å². The number of nitrogens with two attached hydrogens (primary N) is 1. The third-order valence-electron chi connectivity index (χ3n) is 2.56. The zero-order valence-corrected chi connectivity index (χ0v) is 10.5.